The zero-order valence-electron chi connectivity index (χ0n) is 14.9. The highest BCUT2D eigenvalue weighted by Crippen LogP contribution is 2.30. The minimum atomic E-state index is -0.0626. The topological polar surface area (TPSA) is 46.4 Å². The molecule has 3 atom stereocenters. The van der Waals surface area contributed by atoms with Crippen molar-refractivity contribution >= 4 is 33.1 Å². The fraction of sp³-hybridized carbons (Fsp3) is 0.333. The molecule has 1 aliphatic heterocycles. The first-order valence-electron chi connectivity index (χ1n) is 9.26. The number of anilines is 1. The van der Waals surface area contributed by atoms with Gasteiger partial charge in [0.15, 0.2) is 6.04 Å². The minimum Gasteiger partial charge on any atom is -0.324 e. The molecule has 0 bridgehead atoms. The van der Waals surface area contributed by atoms with Crippen molar-refractivity contribution in [2.45, 2.75) is 31.7 Å². The van der Waals surface area contributed by atoms with Crippen LogP contribution in [0.2, 0.25) is 0 Å². The Kier molecular flexibility index (Phi) is 5.00. The lowest BCUT2D eigenvalue weighted by molar-refractivity contribution is -0.920. The minimum absolute atomic E-state index is 0.0626. The van der Waals surface area contributed by atoms with E-state index in [9.17, 15) is 4.79 Å². The summed E-state index contributed by atoms with van der Waals surface area (Å²) in [6.45, 7) is 4.06. The molecule has 5 heteroatoms. The van der Waals surface area contributed by atoms with E-state index in [4.69, 9.17) is 4.98 Å². The normalized spacial score (nSPS) is 21.4. The summed E-state index contributed by atoms with van der Waals surface area (Å²) in [6.07, 6.45) is 2.30. The second-order valence-electron chi connectivity index (χ2n) is 7.05. The van der Waals surface area contributed by atoms with Crippen LogP contribution in [0.25, 0.3) is 10.2 Å². The van der Waals surface area contributed by atoms with E-state index in [1.807, 2.05) is 43.3 Å². The standard InChI is InChI=1S/C21H23N3OS/c1-15(20(25)22-17-9-3-2-4-10-17)24-13-7-8-16(14-24)21-23-18-11-5-6-12-19(18)26-21/h2-6,9-12,15-16H,7-8,13-14H2,1H3,(H,22,25)/p+1/t15-,16+/m1/s1. The molecule has 1 saturated heterocycles. The summed E-state index contributed by atoms with van der Waals surface area (Å²) in [5.41, 5.74) is 1.96. The largest absolute Gasteiger partial charge is 0.324 e. The zero-order chi connectivity index (χ0) is 17.9. The number of hydrogen-bond acceptors (Lipinski definition) is 3. The summed E-state index contributed by atoms with van der Waals surface area (Å²) < 4.78 is 1.25. The molecular weight excluding hydrogens is 342 g/mol. The van der Waals surface area contributed by atoms with Crippen LogP contribution in [0, 0.1) is 0 Å². The van der Waals surface area contributed by atoms with Gasteiger partial charge in [-0.25, -0.2) is 4.98 Å². The Morgan fingerprint density at radius 1 is 1.19 bits per heavy atom. The van der Waals surface area contributed by atoms with E-state index in [-0.39, 0.29) is 11.9 Å². The predicted octanol–water partition coefficient (Wildman–Crippen LogP) is 3.09. The van der Waals surface area contributed by atoms with Gasteiger partial charge in [-0.2, -0.15) is 0 Å². The van der Waals surface area contributed by atoms with Crippen LogP contribution in [-0.4, -0.2) is 30.0 Å². The van der Waals surface area contributed by atoms with Crippen molar-refractivity contribution in [1.29, 1.82) is 0 Å². The van der Waals surface area contributed by atoms with Gasteiger partial charge in [-0.15, -0.1) is 11.3 Å². The van der Waals surface area contributed by atoms with Crippen LogP contribution in [0.3, 0.4) is 0 Å². The van der Waals surface area contributed by atoms with Crippen molar-refractivity contribution < 1.29 is 9.69 Å². The van der Waals surface area contributed by atoms with Crippen LogP contribution in [0.4, 0.5) is 5.69 Å². The Balaban J connectivity index is 1.44. The molecule has 1 amide bonds. The Labute approximate surface area is 157 Å². The Hall–Kier alpha value is -2.24. The number of nitrogens with one attached hydrogen (secondary N) is 2. The number of fused-ring (bicyclic) bond motifs is 1. The summed E-state index contributed by atoms with van der Waals surface area (Å²) >= 11 is 1.80. The average Bonchev–Trinajstić information content (AvgIpc) is 3.12. The van der Waals surface area contributed by atoms with Gasteiger partial charge in [-0.3, -0.25) is 4.79 Å². The molecule has 26 heavy (non-hydrogen) atoms. The van der Waals surface area contributed by atoms with Crippen molar-refractivity contribution in [3.63, 3.8) is 0 Å². The van der Waals surface area contributed by atoms with Gasteiger partial charge in [0.25, 0.3) is 5.91 Å². The van der Waals surface area contributed by atoms with E-state index in [1.54, 1.807) is 11.3 Å². The van der Waals surface area contributed by atoms with Crippen LogP contribution in [-0.2, 0) is 4.79 Å². The number of carbonyl (C=O) groups is 1. The summed E-state index contributed by atoms with van der Waals surface area (Å²) in [5, 5.41) is 4.26. The maximum atomic E-state index is 12.7. The molecule has 4 rings (SSSR count). The van der Waals surface area contributed by atoms with Crippen LogP contribution in [0.5, 0.6) is 0 Å². The fourth-order valence-corrected chi connectivity index (χ4v) is 4.82. The Morgan fingerprint density at radius 3 is 2.77 bits per heavy atom. The molecule has 2 N–H and O–H groups in total. The summed E-state index contributed by atoms with van der Waals surface area (Å²) in [6, 6.07) is 18.0. The van der Waals surface area contributed by atoms with Crippen LogP contribution in [0.15, 0.2) is 54.6 Å². The highest BCUT2D eigenvalue weighted by atomic mass is 32.1. The van der Waals surface area contributed by atoms with Gasteiger partial charge in [0, 0.05) is 5.69 Å². The van der Waals surface area contributed by atoms with E-state index in [1.165, 1.54) is 14.6 Å². The number of aromatic nitrogens is 1. The number of likely N-dealkylation sites (tertiary alicyclic amines) is 1. The monoisotopic (exact) mass is 366 g/mol. The lowest BCUT2D eigenvalue weighted by Crippen LogP contribution is -3.17. The van der Waals surface area contributed by atoms with Gasteiger partial charge in [0.05, 0.1) is 29.2 Å². The molecular formula is C21H24N3OS+. The SMILES string of the molecule is C[C@H](C(=O)Nc1ccccc1)[NH+]1CCC[C@H](c2nc3ccccc3s2)C1. The van der Waals surface area contributed by atoms with E-state index < -0.39 is 0 Å². The van der Waals surface area contributed by atoms with Crippen molar-refractivity contribution in [1.82, 2.24) is 4.98 Å². The lowest BCUT2D eigenvalue weighted by atomic mass is 9.97. The molecule has 0 spiro atoms. The average molecular weight is 367 g/mol. The number of rotatable bonds is 4. The summed E-state index contributed by atoms with van der Waals surface area (Å²) in [5.74, 6) is 0.541. The third-order valence-electron chi connectivity index (χ3n) is 5.27. The zero-order valence-corrected chi connectivity index (χ0v) is 15.8. The molecule has 1 unspecified atom stereocenters. The maximum Gasteiger partial charge on any atom is 0.282 e. The molecule has 1 aromatic heterocycles. The first-order valence-corrected chi connectivity index (χ1v) is 10.1. The quantitative estimate of drug-likeness (QED) is 0.745. The molecule has 0 radical (unpaired) electrons. The maximum absolute atomic E-state index is 12.7. The molecule has 0 aliphatic carbocycles. The van der Waals surface area contributed by atoms with Gasteiger partial charge in [0.2, 0.25) is 0 Å². The third kappa shape index (κ3) is 3.64. The van der Waals surface area contributed by atoms with Crippen LogP contribution < -0.4 is 10.2 Å². The molecule has 134 valence electrons. The number of benzene rings is 2. The number of carbonyl (C=O) groups excluding carboxylic acids is 1. The van der Waals surface area contributed by atoms with Crippen LogP contribution in [0.1, 0.15) is 30.7 Å². The van der Waals surface area contributed by atoms with E-state index in [0.717, 1.165) is 37.1 Å². The number of amides is 1. The number of para-hydroxylation sites is 2. The van der Waals surface area contributed by atoms with Gasteiger partial charge in [-0.05, 0) is 44.0 Å². The highest BCUT2D eigenvalue weighted by molar-refractivity contribution is 7.18. The Bertz CT molecular complexity index is 859. The smallest absolute Gasteiger partial charge is 0.282 e. The predicted molar refractivity (Wildman–Crippen MR) is 107 cm³/mol. The number of thiazole rings is 1. The number of nitrogens with zero attached hydrogens (tertiary/aromatic N) is 1. The Morgan fingerprint density at radius 2 is 1.96 bits per heavy atom. The van der Waals surface area contributed by atoms with Gasteiger partial charge in [0.1, 0.15) is 5.01 Å². The number of quaternary nitrogens is 1. The fourth-order valence-electron chi connectivity index (χ4n) is 3.72. The lowest BCUT2D eigenvalue weighted by Gasteiger charge is -2.32. The van der Waals surface area contributed by atoms with Crippen molar-refractivity contribution in [3.8, 4) is 0 Å². The first kappa shape index (κ1) is 17.2. The van der Waals surface area contributed by atoms with E-state index >= 15 is 0 Å². The van der Waals surface area contributed by atoms with Gasteiger partial charge >= 0.3 is 0 Å². The first-order chi connectivity index (χ1) is 12.7. The second kappa shape index (κ2) is 7.56. The van der Waals surface area contributed by atoms with Crippen molar-refractivity contribution in [2.24, 2.45) is 0 Å². The van der Waals surface area contributed by atoms with E-state index in [2.05, 4.69) is 23.5 Å². The molecule has 1 fully saturated rings. The second-order valence-corrected chi connectivity index (χ2v) is 8.11. The molecule has 4 nitrogen and oxygen atoms in total. The number of piperidine rings is 1. The summed E-state index contributed by atoms with van der Waals surface area (Å²) in [4.78, 5) is 18.9. The molecule has 0 saturated carbocycles. The molecule has 2 aromatic carbocycles. The summed E-state index contributed by atoms with van der Waals surface area (Å²) in [7, 11) is 0. The van der Waals surface area contributed by atoms with Gasteiger partial charge in [-0.1, -0.05) is 30.3 Å². The van der Waals surface area contributed by atoms with Crippen molar-refractivity contribution in [2.75, 3.05) is 18.4 Å². The third-order valence-corrected chi connectivity index (χ3v) is 6.46. The molecule has 3 aromatic rings. The van der Waals surface area contributed by atoms with Gasteiger partial charge < -0.3 is 10.2 Å². The number of hydrogen-bond donors (Lipinski definition) is 2. The molecule has 1 aliphatic rings. The van der Waals surface area contributed by atoms with Crippen LogP contribution >= 0.6 is 11.3 Å². The van der Waals surface area contributed by atoms with E-state index in [0.29, 0.717) is 5.92 Å². The highest BCUT2D eigenvalue weighted by Gasteiger charge is 2.33. The molecule has 2 heterocycles. The van der Waals surface area contributed by atoms with Crippen molar-refractivity contribution in [3.05, 3.63) is 59.6 Å².